The summed E-state index contributed by atoms with van der Waals surface area (Å²) in [6.07, 6.45) is 2.28. The van der Waals surface area contributed by atoms with E-state index in [1.54, 1.807) is 38.1 Å². The van der Waals surface area contributed by atoms with Crippen LogP contribution in [0.2, 0.25) is 0 Å². The summed E-state index contributed by atoms with van der Waals surface area (Å²) in [6, 6.07) is 22.3. The van der Waals surface area contributed by atoms with Crippen LogP contribution >= 0.6 is 8.96 Å². The molecule has 4 aromatic rings. The minimum absolute atomic E-state index is 0.116. The second kappa shape index (κ2) is 17.5. The van der Waals surface area contributed by atoms with Gasteiger partial charge >= 0.3 is 5.97 Å². The summed E-state index contributed by atoms with van der Waals surface area (Å²) in [5.74, 6) is 0.574. The van der Waals surface area contributed by atoms with Gasteiger partial charge in [0, 0.05) is 18.2 Å². The Hall–Kier alpha value is -3.88. The van der Waals surface area contributed by atoms with Crippen molar-refractivity contribution in [1.82, 2.24) is 4.98 Å². The third-order valence-corrected chi connectivity index (χ3v) is 4.64. The lowest BCUT2D eigenvalue weighted by atomic mass is 10.1. The smallest absolute Gasteiger partial charge is 0.310 e. The van der Waals surface area contributed by atoms with E-state index in [9.17, 15) is 14.7 Å². The van der Waals surface area contributed by atoms with Gasteiger partial charge < -0.3 is 24.9 Å². The quantitative estimate of drug-likeness (QED) is 0.112. The zero-order valence-corrected chi connectivity index (χ0v) is 21.5. The van der Waals surface area contributed by atoms with E-state index in [-0.39, 0.29) is 23.9 Å². The summed E-state index contributed by atoms with van der Waals surface area (Å²) in [5.41, 5.74) is 5.27. The fraction of sp³-hybridized carbons (Fsp3) is 0.148. The summed E-state index contributed by atoms with van der Waals surface area (Å²) >= 11 is 0. The van der Waals surface area contributed by atoms with Gasteiger partial charge in [0.1, 0.15) is 17.2 Å². The number of nitrogens with zero attached hydrogens (tertiary/aromatic N) is 1. The number of carbonyl (C=O) groups excluding carboxylic acids is 2. The van der Waals surface area contributed by atoms with Crippen molar-refractivity contribution in [3.63, 3.8) is 0 Å². The molecular weight excluding hydrogens is 495 g/mol. The molecule has 1 unspecified atom stereocenters. The van der Waals surface area contributed by atoms with Crippen LogP contribution in [-0.4, -0.2) is 37.5 Å². The lowest BCUT2D eigenvalue weighted by Gasteiger charge is -2.04. The van der Waals surface area contributed by atoms with Crippen LogP contribution in [0.15, 0.2) is 79.0 Å². The van der Waals surface area contributed by atoms with Crippen molar-refractivity contribution < 1.29 is 34.5 Å². The van der Waals surface area contributed by atoms with Crippen LogP contribution in [0, 0.1) is 6.92 Å². The molecule has 0 aliphatic heterocycles. The molecule has 0 spiro atoms. The lowest BCUT2D eigenvalue weighted by Crippen LogP contribution is -2.05. The highest BCUT2D eigenvalue weighted by Gasteiger charge is 2.09. The molecule has 0 amide bonds. The first-order chi connectivity index (χ1) is 17.8. The third-order valence-electron chi connectivity index (χ3n) is 4.64. The summed E-state index contributed by atoms with van der Waals surface area (Å²) in [6.45, 7) is 3.07. The number of aldehydes is 1. The average molecular weight is 527 g/mol. The Labute approximate surface area is 217 Å². The maximum absolute atomic E-state index is 11.1. The molecule has 196 valence electrons. The van der Waals surface area contributed by atoms with E-state index in [1.165, 1.54) is 6.20 Å². The maximum Gasteiger partial charge on any atom is 0.310 e. The SMILES string of the molecule is CCC(=O)Oc1ccc2ccccc2c1.Cc1ncc(CO)c(C=O)c1O.NPO.Oc1ccccc1. The maximum atomic E-state index is 11.1. The van der Waals surface area contributed by atoms with Gasteiger partial charge in [-0.15, -0.1) is 0 Å². The van der Waals surface area contributed by atoms with Crippen molar-refractivity contribution in [2.75, 3.05) is 0 Å². The molecule has 0 radical (unpaired) electrons. The molecule has 4 rings (SSSR count). The second-order valence-corrected chi connectivity index (χ2v) is 7.47. The van der Waals surface area contributed by atoms with E-state index < -0.39 is 8.96 Å². The number of carbonyl (C=O) groups is 2. The second-order valence-electron chi connectivity index (χ2n) is 7.21. The largest absolute Gasteiger partial charge is 0.508 e. The number of rotatable bonds is 4. The molecule has 0 saturated carbocycles. The van der Waals surface area contributed by atoms with Crippen LogP contribution in [0.4, 0.5) is 0 Å². The number of aliphatic hydroxyl groups excluding tert-OH is 1. The fourth-order valence-electron chi connectivity index (χ4n) is 2.77. The van der Waals surface area contributed by atoms with E-state index in [1.807, 2.05) is 48.5 Å². The number of aryl methyl sites for hydroxylation is 1. The van der Waals surface area contributed by atoms with Gasteiger partial charge in [0.2, 0.25) is 0 Å². The molecular formula is C27H31N2O7P. The number of fused-ring (bicyclic) bond motifs is 1. The van der Waals surface area contributed by atoms with Crippen LogP contribution in [0.1, 0.15) is 35.0 Å². The molecule has 37 heavy (non-hydrogen) atoms. The minimum Gasteiger partial charge on any atom is -0.508 e. The van der Waals surface area contributed by atoms with Crippen molar-refractivity contribution in [3.05, 3.63) is 95.8 Å². The van der Waals surface area contributed by atoms with Gasteiger partial charge in [-0.1, -0.05) is 55.5 Å². The van der Waals surface area contributed by atoms with Crippen molar-refractivity contribution >= 4 is 32.0 Å². The van der Waals surface area contributed by atoms with Gasteiger partial charge in [-0.25, -0.2) is 0 Å². The highest BCUT2D eigenvalue weighted by molar-refractivity contribution is 7.27. The Morgan fingerprint density at radius 2 is 1.62 bits per heavy atom. The number of ether oxygens (including phenoxy) is 1. The first-order valence-electron chi connectivity index (χ1n) is 11.1. The highest BCUT2D eigenvalue weighted by atomic mass is 31.1. The molecule has 6 N–H and O–H groups in total. The average Bonchev–Trinajstić information content (AvgIpc) is 2.91. The van der Waals surface area contributed by atoms with E-state index in [0.29, 0.717) is 35.5 Å². The number of aromatic hydroxyl groups is 2. The first kappa shape index (κ1) is 31.2. The Morgan fingerprint density at radius 1 is 1.03 bits per heavy atom. The lowest BCUT2D eigenvalue weighted by molar-refractivity contribution is -0.134. The van der Waals surface area contributed by atoms with Crippen molar-refractivity contribution in [3.8, 4) is 17.2 Å². The van der Waals surface area contributed by atoms with E-state index in [0.717, 1.165) is 10.8 Å². The van der Waals surface area contributed by atoms with Gasteiger partial charge in [-0.3, -0.25) is 20.1 Å². The first-order valence-corrected chi connectivity index (χ1v) is 12.1. The monoisotopic (exact) mass is 526 g/mol. The number of aliphatic hydroxyl groups is 1. The Balaban J connectivity index is 0.000000277. The van der Waals surface area contributed by atoms with Crippen LogP contribution in [0.5, 0.6) is 17.2 Å². The number of pyridine rings is 1. The number of hydrogen-bond donors (Lipinski definition) is 5. The summed E-state index contributed by atoms with van der Waals surface area (Å²) < 4.78 is 5.13. The third kappa shape index (κ3) is 11.2. The molecule has 0 saturated heterocycles. The molecule has 1 atom stereocenters. The molecule has 1 aromatic heterocycles. The van der Waals surface area contributed by atoms with Crippen LogP contribution < -0.4 is 10.2 Å². The number of hydrogen-bond acceptors (Lipinski definition) is 9. The molecule has 1 heterocycles. The molecule has 3 aromatic carbocycles. The molecule has 10 heteroatoms. The van der Waals surface area contributed by atoms with Crippen LogP contribution in [0.25, 0.3) is 10.8 Å². The normalized spacial score (nSPS) is 9.76. The number of esters is 1. The zero-order chi connectivity index (χ0) is 27.6. The highest BCUT2D eigenvalue weighted by Crippen LogP contribution is 2.22. The summed E-state index contributed by atoms with van der Waals surface area (Å²) in [7, 11) is -0.417. The van der Waals surface area contributed by atoms with E-state index >= 15 is 0 Å². The van der Waals surface area contributed by atoms with Gasteiger partial charge in [0.25, 0.3) is 0 Å². The van der Waals surface area contributed by atoms with Crippen LogP contribution in [-0.2, 0) is 11.4 Å². The van der Waals surface area contributed by atoms with Gasteiger partial charge in [-0.2, -0.15) is 0 Å². The van der Waals surface area contributed by atoms with Gasteiger partial charge in [-0.05, 0) is 42.0 Å². The fourth-order valence-corrected chi connectivity index (χ4v) is 2.77. The molecule has 9 nitrogen and oxygen atoms in total. The molecule has 0 aliphatic carbocycles. The molecule has 0 bridgehead atoms. The minimum atomic E-state index is -0.417. The summed E-state index contributed by atoms with van der Waals surface area (Å²) in [4.78, 5) is 32.7. The van der Waals surface area contributed by atoms with E-state index in [4.69, 9.17) is 19.8 Å². The standard InChI is InChI=1S/C13H12O2.C8H9NO3.C6H6O.H4NOP/c1-2-13(14)15-12-8-7-10-5-3-4-6-11(10)9-12;1-5-8(12)7(4-11)6(3-10)2-9-5;7-6-4-2-1-3-5-6;1-3-2/h3-9H,2H2,1H3;2,4,10,12H,3H2,1H3;1-5,7H;2-3H,1H2. The number of para-hydroxylation sites is 1. The number of nitrogens with two attached hydrogens (primary N) is 1. The van der Waals surface area contributed by atoms with Crippen molar-refractivity contribution in [2.45, 2.75) is 26.9 Å². The van der Waals surface area contributed by atoms with E-state index in [2.05, 4.69) is 10.5 Å². The topological polar surface area (TPSA) is 163 Å². The molecule has 0 aliphatic rings. The van der Waals surface area contributed by atoms with Gasteiger partial charge in [0.05, 0.1) is 26.8 Å². The Kier molecular flexibility index (Phi) is 14.8. The van der Waals surface area contributed by atoms with Crippen molar-refractivity contribution in [1.29, 1.82) is 0 Å². The Bertz CT molecular complexity index is 1250. The number of benzene rings is 3. The number of phenolic OH excluding ortho intramolecular Hbond substituents is 1. The van der Waals surface area contributed by atoms with Gasteiger partial charge in [0.15, 0.2) is 6.29 Å². The molecule has 0 fully saturated rings. The zero-order valence-electron chi connectivity index (χ0n) is 20.5. The number of phenols is 1. The van der Waals surface area contributed by atoms with Crippen molar-refractivity contribution in [2.24, 2.45) is 5.50 Å². The summed E-state index contributed by atoms with van der Waals surface area (Å²) in [5, 5.41) is 28.9. The van der Waals surface area contributed by atoms with Crippen LogP contribution in [0.3, 0.4) is 0 Å². The number of aromatic nitrogens is 1. The predicted octanol–water partition coefficient (Wildman–Crippen LogP) is 4.39. The Morgan fingerprint density at radius 3 is 2.14 bits per heavy atom. The predicted molar refractivity (Wildman–Crippen MR) is 145 cm³/mol.